The van der Waals surface area contributed by atoms with Gasteiger partial charge in [-0.05, 0) is 24.7 Å². The minimum atomic E-state index is -0.242. The average Bonchev–Trinajstić information content (AvgIpc) is 2.27. The molecule has 80 valence electrons. The van der Waals surface area contributed by atoms with Crippen molar-refractivity contribution in [1.29, 1.82) is 0 Å². The first kappa shape index (κ1) is 9.95. The summed E-state index contributed by atoms with van der Waals surface area (Å²) in [6.45, 7) is 0.0738. The van der Waals surface area contributed by atoms with Gasteiger partial charge in [-0.25, -0.2) is 0 Å². The molecule has 15 heavy (non-hydrogen) atoms. The number of carbonyl (C=O) groups excluding carboxylic acids is 1. The molecule has 1 atom stereocenters. The van der Waals surface area contributed by atoms with Crippen LogP contribution in [-0.2, 0) is 4.79 Å². The van der Waals surface area contributed by atoms with Crippen LogP contribution in [0.1, 0.15) is 11.7 Å². The maximum atomic E-state index is 11.1. The van der Waals surface area contributed by atoms with Crippen LogP contribution in [0.3, 0.4) is 0 Å². The predicted molar refractivity (Wildman–Crippen MR) is 56.6 cm³/mol. The largest absolute Gasteiger partial charge is 0.482 e. The van der Waals surface area contributed by atoms with Crippen LogP contribution in [0.4, 0.5) is 5.69 Å². The van der Waals surface area contributed by atoms with Crippen molar-refractivity contribution in [1.82, 2.24) is 5.32 Å². The molecule has 0 saturated heterocycles. The fourth-order valence-corrected chi connectivity index (χ4v) is 1.46. The monoisotopic (exact) mass is 207 g/mol. The maximum absolute atomic E-state index is 11.1. The number of hydrogen-bond donors (Lipinski definition) is 3. The van der Waals surface area contributed by atoms with E-state index in [0.29, 0.717) is 11.4 Å². The number of anilines is 1. The Kier molecular flexibility index (Phi) is 2.57. The van der Waals surface area contributed by atoms with E-state index in [1.165, 1.54) is 0 Å². The highest BCUT2D eigenvalue weighted by atomic mass is 16.5. The fourth-order valence-electron chi connectivity index (χ4n) is 1.46. The van der Waals surface area contributed by atoms with Gasteiger partial charge in [-0.2, -0.15) is 0 Å². The number of benzene rings is 1. The Hall–Kier alpha value is -1.59. The van der Waals surface area contributed by atoms with Gasteiger partial charge in [0.25, 0.3) is 5.91 Å². The van der Waals surface area contributed by atoms with Gasteiger partial charge >= 0.3 is 0 Å². The Labute approximate surface area is 87.6 Å². The molecular formula is C10H13N3O2. The van der Waals surface area contributed by atoms with Gasteiger partial charge < -0.3 is 21.1 Å². The van der Waals surface area contributed by atoms with Gasteiger partial charge in [-0.3, -0.25) is 4.79 Å². The highest BCUT2D eigenvalue weighted by molar-refractivity contribution is 5.95. The summed E-state index contributed by atoms with van der Waals surface area (Å²) < 4.78 is 5.23. The number of carbonyl (C=O) groups is 1. The van der Waals surface area contributed by atoms with Gasteiger partial charge in [-0.1, -0.05) is 6.07 Å². The van der Waals surface area contributed by atoms with E-state index in [1.807, 2.05) is 12.1 Å². The van der Waals surface area contributed by atoms with E-state index in [9.17, 15) is 4.79 Å². The van der Waals surface area contributed by atoms with Crippen molar-refractivity contribution in [2.75, 3.05) is 19.0 Å². The molecule has 1 aromatic rings. The van der Waals surface area contributed by atoms with Crippen LogP contribution < -0.4 is 21.1 Å². The summed E-state index contributed by atoms with van der Waals surface area (Å²) in [6.07, 6.45) is -0.242. The number of ether oxygens (including phenoxy) is 1. The predicted octanol–water partition coefficient (Wildman–Crippen LogP) is 0.194. The van der Waals surface area contributed by atoms with Crippen molar-refractivity contribution < 1.29 is 9.53 Å². The summed E-state index contributed by atoms with van der Waals surface area (Å²) in [4.78, 5) is 11.1. The van der Waals surface area contributed by atoms with E-state index in [1.54, 1.807) is 13.1 Å². The third kappa shape index (κ3) is 1.93. The second-order valence-corrected chi connectivity index (χ2v) is 3.36. The van der Waals surface area contributed by atoms with Crippen LogP contribution in [0.15, 0.2) is 18.2 Å². The maximum Gasteiger partial charge on any atom is 0.262 e. The Morgan fingerprint density at radius 1 is 1.60 bits per heavy atom. The van der Waals surface area contributed by atoms with Crippen molar-refractivity contribution in [3.05, 3.63) is 23.8 Å². The second kappa shape index (κ2) is 3.88. The lowest BCUT2D eigenvalue weighted by molar-refractivity contribution is -0.118. The molecule has 2 rings (SSSR count). The zero-order valence-electron chi connectivity index (χ0n) is 8.41. The molecule has 0 radical (unpaired) electrons. The number of nitrogens with one attached hydrogen (secondary N) is 2. The van der Waals surface area contributed by atoms with Gasteiger partial charge in [-0.15, -0.1) is 0 Å². The molecule has 0 aliphatic carbocycles. The molecule has 4 N–H and O–H groups in total. The van der Waals surface area contributed by atoms with Crippen LogP contribution in [0.2, 0.25) is 0 Å². The number of nitrogens with two attached hydrogens (primary N) is 1. The van der Waals surface area contributed by atoms with Crippen molar-refractivity contribution in [2.45, 2.75) is 6.17 Å². The third-order valence-corrected chi connectivity index (χ3v) is 2.31. The summed E-state index contributed by atoms with van der Waals surface area (Å²) in [5, 5.41) is 5.66. The van der Waals surface area contributed by atoms with E-state index < -0.39 is 0 Å². The van der Waals surface area contributed by atoms with Crippen molar-refractivity contribution in [3.8, 4) is 5.75 Å². The first-order valence-electron chi connectivity index (χ1n) is 4.70. The van der Waals surface area contributed by atoms with E-state index in [0.717, 1.165) is 5.56 Å². The summed E-state index contributed by atoms with van der Waals surface area (Å²) >= 11 is 0. The van der Waals surface area contributed by atoms with Crippen LogP contribution in [0.25, 0.3) is 0 Å². The summed E-state index contributed by atoms with van der Waals surface area (Å²) in [6, 6.07) is 5.49. The summed E-state index contributed by atoms with van der Waals surface area (Å²) in [7, 11) is 1.78. The lowest BCUT2D eigenvalue weighted by Crippen LogP contribution is -2.27. The molecule has 1 aliphatic heterocycles. The molecule has 0 spiro atoms. The molecule has 1 aromatic carbocycles. The molecule has 5 nitrogen and oxygen atoms in total. The molecule has 1 amide bonds. The van der Waals surface area contributed by atoms with Crippen LogP contribution in [0, 0.1) is 0 Å². The molecule has 0 saturated carbocycles. The van der Waals surface area contributed by atoms with E-state index in [4.69, 9.17) is 10.5 Å². The van der Waals surface area contributed by atoms with E-state index in [2.05, 4.69) is 10.6 Å². The number of fused-ring (bicyclic) bond motifs is 1. The lowest BCUT2D eigenvalue weighted by Gasteiger charge is -2.20. The second-order valence-electron chi connectivity index (χ2n) is 3.36. The molecule has 0 bridgehead atoms. The first-order chi connectivity index (χ1) is 7.20. The van der Waals surface area contributed by atoms with Crippen LogP contribution >= 0.6 is 0 Å². The number of rotatable bonds is 2. The Morgan fingerprint density at radius 3 is 3.13 bits per heavy atom. The normalized spacial score (nSPS) is 16.3. The van der Waals surface area contributed by atoms with Crippen molar-refractivity contribution in [3.63, 3.8) is 0 Å². The van der Waals surface area contributed by atoms with Gasteiger partial charge in [0, 0.05) is 0 Å². The van der Waals surface area contributed by atoms with Crippen molar-refractivity contribution in [2.24, 2.45) is 5.73 Å². The Morgan fingerprint density at radius 2 is 2.40 bits per heavy atom. The van der Waals surface area contributed by atoms with Gasteiger partial charge in [0.1, 0.15) is 5.75 Å². The van der Waals surface area contributed by atoms with Gasteiger partial charge in [0.15, 0.2) is 6.61 Å². The summed E-state index contributed by atoms with van der Waals surface area (Å²) in [5.41, 5.74) is 7.38. The molecule has 1 aliphatic rings. The smallest absolute Gasteiger partial charge is 0.262 e. The van der Waals surface area contributed by atoms with Gasteiger partial charge in [0.05, 0.1) is 11.9 Å². The molecule has 0 aromatic heterocycles. The minimum absolute atomic E-state index is 0.0738. The van der Waals surface area contributed by atoms with Crippen molar-refractivity contribution >= 4 is 11.6 Å². The zero-order valence-corrected chi connectivity index (χ0v) is 8.41. The van der Waals surface area contributed by atoms with E-state index in [-0.39, 0.29) is 18.7 Å². The third-order valence-electron chi connectivity index (χ3n) is 2.31. The quantitative estimate of drug-likeness (QED) is 0.605. The molecular weight excluding hydrogens is 194 g/mol. The fraction of sp³-hybridized carbons (Fsp3) is 0.300. The van der Waals surface area contributed by atoms with Gasteiger partial charge in [0.2, 0.25) is 0 Å². The van der Waals surface area contributed by atoms with Crippen LogP contribution in [0.5, 0.6) is 5.75 Å². The highest BCUT2D eigenvalue weighted by Crippen LogP contribution is 2.29. The number of hydrogen-bond acceptors (Lipinski definition) is 4. The molecule has 0 fully saturated rings. The lowest BCUT2D eigenvalue weighted by atomic mass is 10.1. The molecule has 5 heteroatoms. The Bertz CT molecular complexity index is 392. The molecule has 1 heterocycles. The SMILES string of the molecule is CNC(N)c1ccc2c(c1)NC(=O)CO2. The first-order valence-corrected chi connectivity index (χ1v) is 4.70. The highest BCUT2D eigenvalue weighted by Gasteiger charge is 2.16. The van der Waals surface area contributed by atoms with Crippen LogP contribution in [-0.4, -0.2) is 19.6 Å². The Balaban J connectivity index is 2.32. The topological polar surface area (TPSA) is 76.4 Å². The summed E-state index contributed by atoms with van der Waals surface area (Å²) in [5.74, 6) is 0.541. The van der Waals surface area contributed by atoms with E-state index >= 15 is 0 Å². The standard InChI is InChI=1S/C10H13N3O2/c1-12-10(11)6-2-3-8-7(4-6)13-9(14)5-15-8/h2-4,10,12H,5,11H2,1H3,(H,13,14). The molecule has 1 unspecified atom stereocenters. The zero-order chi connectivity index (χ0) is 10.8. The average molecular weight is 207 g/mol. The minimum Gasteiger partial charge on any atom is -0.482 e. The number of amides is 1.